The molecule has 0 atom stereocenters. The molecule has 0 saturated carbocycles. The number of aryl methyl sites for hydroxylation is 1. The van der Waals surface area contributed by atoms with Crippen LogP contribution in [0.15, 0.2) is 34.9 Å². The number of hydrogen-bond donors (Lipinski definition) is 2. The van der Waals surface area contributed by atoms with E-state index in [0.29, 0.717) is 48.8 Å². The van der Waals surface area contributed by atoms with Gasteiger partial charge in [0.15, 0.2) is 5.82 Å². The molecule has 1 aromatic heterocycles. The zero-order valence-corrected chi connectivity index (χ0v) is 15.3. The van der Waals surface area contributed by atoms with Crippen molar-refractivity contribution in [2.75, 3.05) is 23.7 Å². The number of carbonyl (C=O) groups is 3. The number of amides is 3. The molecule has 27 heavy (non-hydrogen) atoms. The van der Waals surface area contributed by atoms with Crippen LogP contribution in [0.5, 0.6) is 0 Å². The Balaban J connectivity index is 1.56. The molecule has 3 rings (SSSR count). The molecule has 3 amide bonds. The zero-order chi connectivity index (χ0) is 19.4. The number of aromatic nitrogens is 1. The van der Waals surface area contributed by atoms with Gasteiger partial charge in [-0.1, -0.05) is 11.2 Å². The summed E-state index contributed by atoms with van der Waals surface area (Å²) in [5, 5.41) is 9.18. The fourth-order valence-electron chi connectivity index (χ4n) is 3.11. The zero-order valence-electron chi connectivity index (χ0n) is 15.3. The van der Waals surface area contributed by atoms with Crippen LogP contribution in [-0.4, -0.2) is 40.9 Å². The topological polar surface area (TPSA) is 105 Å². The predicted octanol–water partition coefficient (Wildman–Crippen LogP) is 2.43. The maximum absolute atomic E-state index is 12.7. The lowest BCUT2D eigenvalue weighted by Gasteiger charge is -2.31. The van der Waals surface area contributed by atoms with E-state index in [1.807, 2.05) is 0 Å². The third-order valence-electron chi connectivity index (χ3n) is 4.46. The van der Waals surface area contributed by atoms with Crippen LogP contribution in [0.2, 0.25) is 0 Å². The fourth-order valence-corrected chi connectivity index (χ4v) is 3.11. The highest BCUT2D eigenvalue weighted by atomic mass is 16.5. The smallest absolute Gasteiger partial charge is 0.253 e. The van der Waals surface area contributed by atoms with Gasteiger partial charge in [-0.2, -0.15) is 0 Å². The van der Waals surface area contributed by atoms with E-state index in [4.69, 9.17) is 4.52 Å². The van der Waals surface area contributed by atoms with Crippen molar-refractivity contribution < 1.29 is 18.9 Å². The summed E-state index contributed by atoms with van der Waals surface area (Å²) in [5.41, 5.74) is 1.10. The molecular formula is C19H22N4O4. The maximum atomic E-state index is 12.7. The molecule has 0 unspecified atom stereocenters. The van der Waals surface area contributed by atoms with Gasteiger partial charge in [-0.05, 0) is 38.0 Å². The Bertz CT molecular complexity index is 853. The number of carbonyl (C=O) groups excluding carboxylic acids is 3. The predicted molar refractivity (Wildman–Crippen MR) is 99.2 cm³/mol. The van der Waals surface area contributed by atoms with Gasteiger partial charge in [-0.3, -0.25) is 14.4 Å². The van der Waals surface area contributed by atoms with Crippen LogP contribution in [0.1, 0.15) is 35.9 Å². The quantitative estimate of drug-likeness (QED) is 0.860. The first-order valence-corrected chi connectivity index (χ1v) is 8.83. The van der Waals surface area contributed by atoms with Crippen LogP contribution < -0.4 is 10.6 Å². The van der Waals surface area contributed by atoms with Gasteiger partial charge in [0.25, 0.3) is 5.91 Å². The number of benzene rings is 1. The number of nitrogens with zero attached hydrogens (tertiary/aromatic N) is 2. The normalized spacial score (nSPS) is 14.7. The molecule has 1 saturated heterocycles. The van der Waals surface area contributed by atoms with E-state index in [1.165, 1.54) is 6.92 Å². The van der Waals surface area contributed by atoms with E-state index in [-0.39, 0.29) is 23.6 Å². The third-order valence-corrected chi connectivity index (χ3v) is 4.46. The number of likely N-dealkylation sites (tertiary alicyclic amines) is 1. The minimum atomic E-state index is -0.186. The van der Waals surface area contributed by atoms with Crippen molar-refractivity contribution in [2.45, 2.75) is 26.7 Å². The van der Waals surface area contributed by atoms with Gasteiger partial charge in [0, 0.05) is 43.2 Å². The van der Waals surface area contributed by atoms with E-state index < -0.39 is 0 Å². The minimum Gasteiger partial charge on any atom is -0.360 e. The van der Waals surface area contributed by atoms with Crippen LogP contribution in [0.4, 0.5) is 11.5 Å². The van der Waals surface area contributed by atoms with Gasteiger partial charge in [0.2, 0.25) is 11.8 Å². The molecule has 2 N–H and O–H groups in total. The van der Waals surface area contributed by atoms with Crippen molar-refractivity contribution >= 4 is 29.2 Å². The Hall–Kier alpha value is -3.16. The van der Waals surface area contributed by atoms with Crippen molar-refractivity contribution in [3.8, 4) is 0 Å². The lowest BCUT2D eigenvalue weighted by Crippen LogP contribution is -2.41. The molecule has 142 valence electrons. The lowest BCUT2D eigenvalue weighted by molar-refractivity contribution is -0.121. The molecule has 0 radical (unpaired) electrons. The van der Waals surface area contributed by atoms with E-state index >= 15 is 0 Å². The SMILES string of the molecule is CC(=O)Nc1cccc(C(=O)N2CCC(C(=O)Nc3cc(C)on3)CC2)c1. The maximum Gasteiger partial charge on any atom is 0.253 e. The van der Waals surface area contributed by atoms with Gasteiger partial charge < -0.3 is 20.1 Å². The number of anilines is 2. The Morgan fingerprint density at radius 1 is 1.15 bits per heavy atom. The van der Waals surface area contributed by atoms with E-state index in [0.717, 1.165) is 0 Å². The van der Waals surface area contributed by atoms with Crippen molar-refractivity contribution in [3.05, 3.63) is 41.7 Å². The van der Waals surface area contributed by atoms with Gasteiger partial charge in [-0.15, -0.1) is 0 Å². The number of hydrogen-bond acceptors (Lipinski definition) is 5. The first-order chi connectivity index (χ1) is 12.9. The standard InChI is InChI=1S/C19H22N4O4/c1-12-10-17(22-27-12)21-18(25)14-6-8-23(9-7-14)19(26)15-4-3-5-16(11-15)20-13(2)24/h3-5,10-11,14H,6-9H2,1-2H3,(H,20,24)(H,21,22,25). The van der Waals surface area contributed by atoms with E-state index in [1.54, 1.807) is 42.2 Å². The summed E-state index contributed by atoms with van der Waals surface area (Å²) in [4.78, 5) is 37.9. The van der Waals surface area contributed by atoms with Crippen molar-refractivity contribution in [2.24, 2.45) is 5.92 Å². The average Bonchev–Trinajstić information content (AvgIpc) is 3.05. The monoisotopic (exact) mass is 370 g/mol. The second-order valence-electron chi connectivity index (χ2n) is 6.64. The molecule has 1 aromatic carbocycles. The molecule has 1 aliphatic rings. The lowest BCUT2D eigenvalue weighted by atomic mass is 9.95. The summed E-state index contributed by atoms with van der Waals surface area (Å²) in [6.45, 7) is 4.18. The molecule has 0 aliphatic carbocycles. The van der Waals surface area contributed by atoms with Gasteiger partial charge >= 0.3 is 0 Å². The number of piperidine rings is 1. The Labute approximate surface area is 156 Å². The van der Waals surface area contributed by atoms with Crippen LogP contribution in [0, 0.1) is 12.8 Å². The average molecular weight is 370 g/mol. The first kappa shape index (κ1) is 18.6. The van der Waals surface area contributed by atoms with Crippen molar-refractivity contribution in [1.82, 2.24) is 10.1 Å². The molecule has 2 heterocycles. The fraction of sp³-hybridized carbons (Fsp3) is 0.368. The van der Waals surface area contributed by atoms with Crippen LogP contribution >= 0.6 is 0 Å². The van der Waals surface area contributed by atoms with Crippen molar-refractivity contribution in [1.29, 1.82) is 0 Å². The van der Waals surface area contributed by atoms with Crippen LogP contribution in [0.3, 0.4) is 0 Å². The summed E-state index contributed by atoms with van der Waals surface area (Å²) in [6.07, 6.45) is 1.17. The third kappa shape index (κ3) is 4.72. The molecule has 2 aromatic rings. The van der Waals surface area contributed by atoms with Gasteiger partial charge in [0.05, 0.1) is 0 Å². The highest BCUT2D eigenvalue weighted by Gasteiger charge is 2.28. The summed E-state index contributed by atoms with van der Waals surface area (Å²) in [5.74, 6) is 0.472. The Morgan fingerprint density at radius 3 is 2.52 bits per heavy atom. The first-order valence-electron chi connectivity index (χ1n) is 8.83. The molecule has 0 bridgehead atoms. The van der Waals surface area contributed by atoms with E-state index in [2.05, 4.69) is 15.8 Å². The summed E-state index contributed by atoms with van der Waals surface area (Å²) in [6, 6.07) is 8.52. The molecule has 8 heteroatoms. The summed E-state index contributed by atoms with van der Waals surface area (Å²) >= 11 is 0. The Morgan fingerprint density at radius 2 is 1.89 bits per heavy atom. The number of nitrogens with one attached hydrogen (secondary N) is 2. The number of rotatable bonds is 4. The Kier molecular flexibility index (Phi) is 5.54. The summed E-state index contributed by atoms with van der Waals surface area (Å²) in [7, 11) is 0. The van der Waals surface area contributed by atoms with Crippen molar-refractivity contribution in [3.63, 3.8) is 0 Å². The molecule has 1 aliphatic heterocycles. The molecule has 1 fully saturated rings. The van der Waals surface area contributed by atoms with Gasteiger partial charge in [-0.25, -0.2) is 0 Å². The van der Waals surface area contributed by atoms with Crippen LogP contribution in [0.25, 0.3) is 0 Å². The second kappa shape index (κ2) is 8.03. The second-order valence-corrected chi connectivity index (χ2v) is 6.64. The summed E-state index contributed by atoms with van der Waals surface area (Å²) < 4.78 is 4.94. The highest BCUT2D eigenvalue weighted by Crippen LogP contribution is 2.22. The minimum absolute atomic E-state index is 0.104. The molecular weight excluding hydrogens is 348 g/mol. The largest absolute Gasteiger partial charge is 0.360 e. The van der Waals surface area contributed by atoms with Crippen LogP contribution in [-0.2, 0) is 9.59 Å². The molecule has 0 spiro atoms. The van der Waals surface area contributed by atoms with Gasteiger partial charge in [0.1, 0.15) is 5.76 Å². The highest BCUT2D eigenvalue weighted by molar-refractivity contribution is 5.97. The molecule has 8 nitrogen and oxygen atoms in total. The van der Waals surface area contributed by atoms with E-state index in [9.17, 15) is 14.4 Å².